The van der Waals surface area contributed by atoms with E-state index in [0.717, 1.165) is 37.1 Å². The van der Waals surface area contributed by atoms with Gasteiger partial charge in [0.05, 0.1) is 0 Å². The lowest BCUT2D eigenvalue weighted by atomic mass is 9.90. The van der Waals surface area contributed by atoms with Crippen molar-refractivity contribution in [3.05, 3.63) is 42.5 Å². The van der Waals surface area contributed by atoms with Gasteiger partial charge >= 0.3 is 0 Å². The Balaban J connectivity index is 1.29. The predicted octanol–water partition coefficient (Wildman–Crippen LogP) is 2.66. The molecule has 1 saturated carbocycles. The van der Waals surface area contributed by atoms with E-state index < -0.39 is 0 Å². The molecule has 1 N–H and O–H groups in total. The Kier molecular flexibility index (Phi) is 4.46. The molecule has 3 aromatic rings. The summed E-state index contributed by atoms with van der Waals surface area (Å²) >= 11 is 0. The van der Waals surface area contributed by atoms with Crippen LogP contribution in [0, 0.1) is 0 Å². The van der Waals surface area contributed by atoms with E-state index in [4.69, 9.17) is 0 Å². The van der Waals surface area contributed by atoms with Gasteiger partial charge in [0.2, 0.25) is 11.8 Å². The second-order valence-electron chi connectivity index (χ2n) is 7.69. The van der Waals surface area contributed by atoms with Crippen molar-refractivity contribution in [2.24, 2.45) is 0 Å². The van der Waals surface area contributed by atoms with Gasteiger partial charge in [-0.25, -0.2) is 0 Å². The molecule has 0 radical (unpaired) electrons. The molecule has 0 atom stereocenters. The fourth-order valence-corrected chi connectivity index (χ4v) is 4.32. The Hall–Kier alpha value is -3.29. The summed E-state index contributed by atoms with van der Waals surface area (Å²) in [6, 6.07) is 14.0. The number of amides is 2. The molecule has 1 aliphatic carbocycles. The molecule has 8 heteroatoms. The third-order valence-corrected chi connectivity index (χ3v) is 5.80. The highest BCUT2D eigenvalue weighted by Gasteiger charge is 2.36. The standard InChI is InChI=1S/C21H22N6O2/c28-19-12-13-20(29)26(19)16-8-6-15(7-9-16)22-17-10-11-18-23-24-21(27(18)25-17)14-4-2-1-3-5-14/h1-5,10-11,15-16H,6-9,12-13H2,(H,22,25). The molecule has 5 rings (SSSR count). The van der Waals surface area contributed by atoms with Gasteiger partial charge in [-0.05, 0) is 37.8 Å². The highest BCUT2D eigenvalue weighted by molar-refractivity contribution is 6.02. The molecule has 148 valence electrons. The van der Waals surface area contributed by atoms with Crippen LogP contribution in [0.3, 0.4) is 0 Å². The predicted molar refractivity (Wildman–Crippen MR) is 107 cm³/mol. The molecular weight excluding hydrogens is 368 g/mol. The lowest BCUT2D eigenvalue weighted by Crippen LogP contribution is -2.43. The normalized spacial score (nSPS) is 22.4. The average Bonchev–Trinajstić information content (AvgIpc) is 3.32. The lowest BCUT2D eigenvalue weighted by molar-refractivity contribution is -0.141. The van der Waals surface area contributed by atoms with Crippen LogP contribution in [0.1, 0.15) is 38.5 Å². The number of rotatable bonds is 4. The van der Waals surface area contributed by atoms with Crippen molar-refractivity contribution >= 4 is 23.3 Å². The van der Waals surface area contributed by atoms with Gasteiger partial charge in [-0.2, -0.15) is 4.52 Å². The topological polar surface area (TPSA) is 92.5 Å². The smallest absolute Gasteiger partial charge is 0.229 e. The molecule has 29 heavy (non-hydrogen) atoms. The van der Waals surface area contributed by atoms with E-state index in [0.29, 0.717) is 24.3 Å². The number of imide groups is 1. The van der Waals surface area contributed by atoms with Crippen LogP contribution < -0.4 is 5.32 Å². The summed E-state index contributed by atoms with van der Waals surface area (Å²) in [4.78, 5) is 25.4. The minimum Gasteiger partial charge on any atom is -0.366 e. The van der Waals surface area contributed by atoms with Crippen molar-refractivity contribution < 1.29 is 9.59 Å². The van der Waals surface area contributed by atoms with Crippen molar-refractivity contribution in [2.75, 3.05) is 5.32 Å². The number of hydrogen-bond acceptors (Lipinski definition) is 6. The Bertz CT molecular complexity index is 1040. The molecule has 0 unspecified atom stereocenters. The van der Waals surface area contributed by atoms with Crippen molar-refractivity contribution in [3.63, 3.8) is 0 Å². The molecule has 0 spiro atoms. The number of aromatic nitrogens is 4. The number of hydrogen-bond donors (Lipinski definition) is 1. The fourth-order valence-electron chi connectivity index (χ4n) is 4.32. The first kappa shape index (κ1) is 17.8. The van der Waals surface area contributed by atoms with Gasteiger partial charge in [0.1, 0.15) is 5.82 Å². The van der Waals surface area contributed by atoms with E-state index in [1.54, 1.807) is 4.52 Å². The van der Waals surface area contributed by atoms with Gasteiger partial charge in [0, 0.05) is 30.5 Å². The molecule has 1 aromatic carbocycles. The zero-order valence-corrected chi connectivity index (χ0v) is 16.0. The van der Waals surface area contributed by atoms with E-state index >= 15 is 0 Å². The SMILES string of the molecule is O=C1CCC(=O)N1C1CCC(Nc2ccc3nnc(-c4ccccc4)n3n2)CC1. The zero-order valence-electron chi connectivity index (χ0n) is 16.0. The van der Waals surface area contributed by atoms with Gasteiger partial charge < -0.3 is 5.32 Å². The molecular formula is C21H22N6O2. The van der Waals surface area contributed by atoms with E-state index in [9.17, 15) is 9.59 Å². The van der Waals surface area contributed by atoms with Crippen LogP contribution in [0.4, 0.5) is 5.82 Å². The second-order valence-corrected chi connectivity index (χ2v) is 7.69. The maximum Gasteiger partial charge on any atom is 0.229 e. The van der Waals surface area contributed by atoms with Crippen LogP contribution in [0.5, 0.6) is 0 Å². The van der Waals surface area contributed by atoms with Gasteiger partial charge in [-0.15, -0.1) is 15.3 Å². The Morgan fingerprint density at radius 2 is 1.59 bits per heavy atom. The summed E-state index contributed by atoms with van der Waals surface area (Å²) in [6.45, 7) is 0. The molecule has 2 aromatic heterocycles. The first-order chi connectivity index (χ1) is 14.2. The largest absolute Gasteiger partial charge is 0.366 e. The van der Waals surface area contributed by atoms with Crippen molar-refractivity contribution in [1.29, 1.82) is 0 Å². The maximum absolute atomic E-state index is 12.0. The van der Waals surface area contributed by atoms with Gasteiger partial charge in [0.25, 0.3) is 0 Å². The molecule has 0 bridgehead atoms. The van der Waals surface area contributed by atoms with Gasteiger partial charge in [-0.3, -0.25) is 14.5 Å². The number of carbonyl (C=O) groups excluding carboxylic acids is 2. The quantitative estimate of drug-likeness (QED) is 0.689. The molecule has 2 fully saturated rings. The van der Waals surface area contributed by atoms with Crippen LogP contribution in [-0.2, 0) is 9.59 Å². The molecule has 3 heterocycles. The third kappa shape index (κ3) is 3.35. The molecule has 8 nitrogen and oxygen atoms in total. The van der Waals surface area contributed by atoms with Gasteiger partial charge in [-0.1, -0.05) is 30.3 Å². The number of carbonyl (C=O) groups is 2. The monoisotopic (exact) mass is 390 g/mol. The Morgan fingerprint density at radius 1 is 0.862 bits per heavy atom. The van der Waals surface area contributed by atoms with Crippen LogP contribution in [0.15, 0.2) is 42.5 Å². The highest BCUT2D eigenvalue weighted by atomic mass is 16.2. The third-order valence-electron chi connectivity index (χ3n) is 5.80. The fraction of sp³-hybridized carbons (Fsp3) is 0.381. The minimum absolute atomic E-state index is 0.0143. The summed E-state index contributed by atoms with van der Waals surface area (Å²) in [7, 11) is 0. The Morgan fingerprint density at radius 3 is 2.31 bits per heavy atom. The number of nitrogens with zero attached hydrogens (tertiary/aromatic N) is 5. The van der Waals surface area contributed by atoms with E-state index in [-0.39, 0.29) is 23.9 Å². The molecule has 1 saturated heterocycles. The zero-order chi connectivity index (χ0) is 19.8. The first-order valence-electron chi connectivity index (χ1n) is 10.1. The van der Waals surface area contributed by atoms with Gasteiger partial charge in [0.15, 0.2) is 11.5 Å². The summed E-state index contributed by atoms with van der Waals surface area (Å²) in [5.41, 5.74) is 1.66. The van der Waals surface area contributed by atoms with Crippen molar-refractivity contribution in [2.45, 2.75) is 50.6 Å². The number of fused-ring (bicyclic) bond motifs is 1. The number of likely N-dealkylation sites (tertiary alicyclic amines) is 1. The molecule has 2 amide bonds. The van der Waals surface area contributed by atoms with Crippen molar-refractivity contribution in [3.8, 4) is 11.4 Å². The van der Waals surface area contributed by atoms with E-state index in [1.165, 1.54) is 4.90 Å². The maximum atomic E-state index is 12.0. The van der Waals surface area contributed by atoms with Crippen LogP contribution >= 0.6 is 0 Å². The number of nitrogens with one attached hydrogen (secondary N) is 1. The van der Waals surface area contributed by atoms with E-state index in [1.807, 2.05) is 42.5 Å². The number of benzene rings is 1. The molecule has 1 aliphatic heterocycles. The minimum atomic E-state index is -0.0143. The summed E-state index contributed by atoms with van der Waals surface area (Å²) < 4.78 is 1.75. The summed E-state index contributed by atoms with van der Waals surface area (Å²) in [5.74, 6) is 1.45. The van der Waals surface area contributed by atoms with Crippen molar-refractivity contribution in [1.82, 2.24) is 24.7 Å². The van der Waals surface area contributed by atoms with E-state index in [2.05, 4.69) is 20.6 Å². The highest BCUT2D eigenvalue weighted by Crippen LogP contribution is 2.29. The van der Waals surface area contributed by atoms with Crippen LogP contribution in [-0.4, -0.2) is 48.6 Å². The number of anilines is 1. The Labute approximate surface area is 167 Å². The van der Waals surface area contributed by atoms with Crippen LogP contribution in [0.2, 0.25) is 0 Å². The average molecular weight is 390 g/mol. The summed E-state index contributed by atoms with van der Waals surface area (Å²) in [5, 5.41) is 16.7. The first-order valence-corrected chi connectivity index (χ1v) is 10.1. The second kappa shape index (κ2) is 7.27. The summed E-state index contributed by atoms with van der Waals surface area (Å²) in [6.07, 6.45) is 4.19. The molecule has 2 aliphatic rings. The lowest BCUT2D eigenvalue weighted by Gasteiger charge is -2.33. The van der Waals surface area contributed by atoms with Crippen LogP contribution in [0.25, 0.3) is 17.0 Å².